The first-order valence-electron chi connectivity index (χ1n) is 9.41. The van der Waals surface area contributed by atoms with Gasteiger partial charge in [0.05, 0.1) is 35.3 Å². The Morgan fingerprint density at radius 2 is 1.72 bits per heavy atom. The smallest absolute Gasteiger partial charge is 0.178 e. The molecule has 14 heteroatoms. The van der Waals surface area contributed by atoms with Crippen molar-refractivity contribution >= 4 is 101 Å². The molecule has 0 spiro atoms. The Kier molecular flexibility index (Phi) is 8.32. The lowest BCUT2D eigenvalue weighted by molar-refractivity contribution is -0.0117. The van der Waals surface area contributed by atoms with Crippen LogP contribution in [0.15, 0.2) is 29.0 Å². The highest BCUT2D eigenvalue weighted by Crippen LogP contribution is 2.22. The van der Waals surface area contributed by atoms with Crippen LogP contribution in [-0.4, -0.2) is 73.5 Å². The number of anilines is 1. The van der Waals surface area contributed by atoms with E-state index < -0.39 is 0 Å². The molecule has 1 atom stereocenters. The molecule has 1 N–H and O–H groups in total. The predicted octanol–water partition coefficient (Wildman–Crippen LogP) is 4.48. The maximum absolute atomic E-state index is 6.05. The highest BCUT2D eigenvalue weighted by molar-refractivity contribution is 14.1. The Balaban J connectivity index is 0.000000174. The molecule has 1 aliphatic rings. The third kappa shape index (κ3) is 5.75. The summed E-state index contributed by atoms with van der Waals surface area (Å²) in [6.07, 6.45) is 3.69. The molecule has 0 saturated carbocycles. The molecule has 32 heavy (non-hydrogen) atoms. The number of rotatable bonds is 3. The molecule has 1 unspecified atom stereocenters. The summed E-state index contributed by atoms with van der Waals surface area (Å²) in [7, 11) is 2.11. The quantitative estimate of drug-likeness (QED) is 0.308. The van der Waals surface area contributed by atoms with E-state index in [-0.39, 0.29) is 6.10 Å². The Labute approximate surface area is 229 Å². The SMILES string of the molecule is CN1CCOC(CNc2cc(Cl)nn3c(I)cnc23)C1.Clc1cc(Br)c2ncc(I)n2n1. The van der Waals surface area contributed by atoms with Crippen LogP contribution in [0.25, 0.3) is 11.3 Å². The highest BCUT2D eigenvalue weighted by atomic mass is 127. The fourth-order valence-corrected chi connectivity index (χ4v) is 5.07. The summed E-state index contributed by atoms with van der Waals surface area (Å²) in [4.78, 5) is 10.8. The lowest BCUT2D eigenvalue weighted by Gasteiger charge is -2.30. The molecule has 5 heterocycles. The third-order valence-electron chi connectivity index (χ3n) is 4.61. The van der Waals surface area contributed by atoms with Crippen molar-refractivity contribution in [3.05, 3.63) is 46.7 Å². The topological polar surface area (TPSA) is 84.9 Å². The maximum atomic E-state index is 6.05. The van der Waals surface area contributed by atoms with Crippen LogP contribution in [0.3, 0.4) is 0 Å². The van der Waals surface area contributed by atoms with E-state index in [0.717, 1.165) is 55.1 Å². The molecule has 0 aliphatic carbocycles. The van der Waals surface area contributed by atoms with Gasteiger partial charge in [0.25, 0.3) is 0 Å². The summed E-state index contributed by atoms with van der Waals surface area (Å²) in [5.41, 5.74) is 2.44. The van der Waals surface area contributed by atoms with Crippen LogP contribution >= 0.6 is 84.3 Å². The summed E-state index contributed by atoms with van der Waals surface area (Å²) in [6, 6.07) is 3.52. The Hall–Kier alpha value is -0.520. The average Bonchev–Trinajstić information content (AvgIpc) is 3.30. The van der Waals surface area contributed by atoms with Crippen LogP contribution in [-0.2, 0) is 4.74 Å². The average molecular weight is 766 g/mol. The number of halogens is 5. The number of imidazole rings is 2. The first-order chi connectivity index (χ1) is 15.3. The molecule has 0 radical (unpaired) electrons. The minimum Gasteiger partial charge on any atom is -0.379 e. The fraction of sp³-hybridized carbons (Fsp3) is 0.333. The van der Waals surface area contributed by atoms with Crippen molar-refractivity contribution in [2.75, 3.05) is 38.6 Å². The van der Waals surface area contributed by atoms with Crippen molar-refractivity contribution in [3.63, 3.8) is 0 Å². The number of fused-ring (bicyclic) bond motifs is 2. The van der Waals surface area contributed by atoms with E-state index in [4.69, 9.17) is 27.9 Å². The second-order valence-electron chi connectivity index (χ2n) is 6.96. The molecular formula is C18H17BrCl2I2N8O. The van der Waals surface area contributed by atoms with Gasteiger partial charge in [0.2, 0.25) is 0 Å². The molecule has 4 aromatic heterocycles. The van der Waals surface area contributed by atoms with Gasteiger partial charge in [-0.2, -0.15) is 10.2 Å². The number of morpholine rings is 1. The molecule has 0 aromatic carbocycles. The van der Waals surface area contributed by atoms with E-state index in [1.54, 1.807) is 33.6 Å². The van der Waals surface area contributed by atoms with Crippen molar-refractivity contribution in [2.45, 2.75) is 6.10 Å². The van der Waals surface area contributed by atoms with Crippen LogP contribution < -0.4 is 5.32 Å². The molecule has 170 valence electrons. The van der Waals surface area contributed by atoms with Gasteiger partial charge in [-0.3, -0.25) is 0 Å². The molecule has 4 aromatic rings. The standard InChI is InChI=1S/C12H15ClIN5O.C6H2BrClIN3/c1-18-2-3-20-8(7-18)5-15-9-4-10(13)17-19-11(14)6-16-12(9)19;7-3-1-4(8)11-12-5(9)2-10-6(3)12/h4,6,8,15H,2-3,5,7H2,1H3;1-2H. The van der Waals surface area contributed by atoms with E-state index in [1.807, 2.05) is 0 Å². The Morgan fingerprint density at radius 1 is 1.09 bits per heavy atom. The van der Waals surface area contributed by atoms with Crippen molar-refractivity contribution < 1.29 is 4.74 Å². The van der Waals surface area contributed by atoms with Gasteiger partial charge in [0, 0.05) is 25.7 Å². The molecular weight excluding hydrogens is 749 g/mol. The second kappa shape index (κ2) is 10.8. The summed E-state index contributed by atoms with van der Waals surface area (Å²) < 4.78 is 11.9. The largest absolute Gasteiger partial charge is 0.379 e. The van der Waals surface area contributed by atoms with E-state index in [1.165, 1.54) is 0 Å². The number of aromatic nitrogens is 6. The fourth-order valence-electron chi connectivity index (χ4n) is 3.13. The molecule has 0 bridgehead atoms. The van der Waals surface area contributed by atoms with Gasteiger partial charge < -0.3 is 15.0 Å². The Bertz CT molecular complexity index is 1250. The lowest BCUT2D eigenvalue weighted by atomic mass is 10.2. The summed E-state index contributed by atoms with van der Waals surface area (Å²) in [5.74, 6) is 0. The molecule has 9 nitrogen and oxygen atoms in total. The van der Waals surface area contributed by atoms with Crippen molar-refractivity contribution in [2.24, 2.45) is 0 Å². The lowest BCUT2D eigenvalue weighted by Crippen LogP contribution is -2.43. The van der Waals surface area contributed by atoms with Crippen molar-refractivity contribution in [3.8, 4) is 0 Å². The molecule has 1 saturated heterocycles. The van der Waals surface area contributed by atoms with Crippen LogP contribution in [0.1, 0.15) is 0 Å². The maximum Gasteiger partial charge on any atom is 0.178 e. The summed E-state index contributed by atoms with van der Waals surface area (Å²) in [6.45, 7) is 3.41. The monoisotopic (exact) mass is 764 g/mol. The number of hydrogen-bond donors (Lipinski definition) is 1. The van der Waals surface area contributed by atoms with Gasteiger partial charge in [-0.15, -0.1) is 0 Å². The second-order valence-corrected chi connectivity index (χ2v) is 10.8. The van der Waals surface area contributed by atoms with Gasteiger partial charge in [0.1, 0.15) is 7.40 Å². The minimum absolute atomic E-state index is 0.176. The van der Waals surface area contributed by atoms with E-state index >= 15 is 0 Å². The first-order valence-corrected chi connectivity index (χ1v) is 13.1. The van der Waals surface area contributed by atoms with Gasteiger partial charge in [-0.25, -0.2) is 19.0 Å². The molecule has 1 aliphatic heterocycles. The molecule has 0 amide bonds. The molecule has 5 rings (SSSR count). The predicted molar refractivity (Wildman–Crippen MR) is 145 cm³/mol. The zero-order valence-electron chi connectivity index (χ0n) is 16.6. The third-order valence-corrected chi connectivity index (χ3v) is 7.03. The minimum atomic E-state index is 0.176. The number of nitrogens with one attached hydrogen (secondary N) is 1. The summed E-state index contributed by atoms with van der Waals surface area (Å²) >= 11 is 19.5. The van der Waals surface area contributed by atoms with Crippen LogP contribution in [0, 0.1) is 7.40 Å². The van der Waals surface area contributed by atoms with Gasteiger partial charge in [0.15, 0.2) is 21.6 Å². The van der Waals surface area contributed by atoms with E-state index in [0.29, 0.717) is 10.3 Å². The van der Waals surface area contributed by atoms with Gasteiger partial charge >= 0.3 is 0 Å². The van der Waals surface area contributed by atoms with E-state index in [2.05, 4.69) is 98.5 Å². The molecule has 1 fully saturated rings. The zero-order valence-corrected chi connectivity index (χ0v) is 24.1. The van der Waals surface area contributed by atoms with Gasteiger partial charge in [-0.1, -0.05) is 23.2 Å². The van der Waals surface area contributed by atoms with Crippen molar-refractivity contribution in [1.29, 1.82) is 0 Å². The zero-order chi connectivity index (χ0) is 22.8. The number of ether oxygens (including phenoxy) is 1. The van der Waals surface area contributed by atoms with Crippen LogP contribution in [0.5, 0.6) is 0 Å². The van der Waals surface area contributed by atoms with Gasteiger partial charge in [-0.05, 0) is 74.2 Å². The van der Waals surface area contributed by atoms with E-state index in [9.17, 15) is 0 Å². The summed E-state index contributed by atoms with van der Waals surface area (Å²) in [5, 5.41) is 12.6. The Morgan fingerprint density at radius 3 is 2.41 bits per heavy atom. The number of hydrogen-bond acceptors (Lipinski definition) is 7. The first kappa shape index (κ1) is 24.6. The van der Waals surface area contributed by atoms with Crippen LogP contribution in [0.4, 0.5) is 5.69 Å². The van der Waals surface area contributed by atoms with Crippen molar-refractivity contribution in [1.82, 2.24) is 34.1 Å². The highest BCUT2D eigenvalue weighted by Gasteiger charge is 2.18. The normalized spacial score (nSPS) is 16.9. The number of likely N-dealkylation sites (N-methyl/N-ethyl adjacent to an activating group) is 1. The number of nitrogens with zero attached hydrogens (tertiary/aromatic N) is 7. The van der Waals surface area contributed by atoms with Crippen LogP contribution in [0.2, 0.25) is 10.3 Å².